The molecule has 4 nitrogen and oxygen atoms in total. The summed E-state index contributed by atoms with van der Waals surface area (Å²) in [7, 11) is 1.66. The topological polar surface area (TPSA) is 50.4 Å². The summed E-state index contributed by atoms with van der Waals surface area (Å²) in [6, 6.07) is 15.3. The van der Waals surface area contributed by atoms with Gasteiger partial charge in [-0.05, 0) is 30.2 Å². The predicted molar refractivity (Wildman–Crippen MR) is 95.5 cm³/mol. The summed E-state index contributed by atoms with van der Waals surface area (Å²) in [6.07, 6.45) is 5.29. The second-order valence-corrected chi connectivity index (χ2v) is 6.26. The van der Waals surface area contributed by atoms with E-state index in [1.165, 1.54) is 5.56 Å². The van der Waals surface area contributed by atoms with Gasteiger partial charge in [0.15, 0.2) is 0 Å². The molecule has 2 N–H and O–H groups in total. The van der Waals surface area contributed by atoms with E-state index in [4.69, 9.17) is 4.74 Å². The molecule has 0 spiro atoms. The highest BCUT2D eigenvalue weighted by atomic mass is 16.5. The van der Waals surface area contributed by atoms with E-state index >= 15 is 0 Å². The summed E-state index contributed by atoms with van der Waals surface area (Å²) in [5.41, 5.74) is 2.95. The minimum absolute atomic E-state index is 0.00328. The molecule has 3 unspecified atom stereocenters. The number of para-hydroxylation sites is 2. The first-order valence-corrected chi connectivity index (χ1v) is 8.24. The minimum Gasteiger partial charge on any atom is -0.495 e. The highest BCUT2D eigenvalue weighted by Crippen LogP contribution is 2.47. The molecule has 122 valence electrons. The number of rotatable bonds is 3. The number of carbonyl (C=O) groups excluding carboxylic acids is 1. The molecule has 1 heterocycles. The van der Waals surface area contributed by atoms with E-state index in [1.807, 2.05) is 42.5 Å². The first-order valence-electron chi connectivity index (χ1n) is 8.24. The Hall–Kier alpha value is -2.75. The quantitative estimate of drug-likeness (QED) is 0.846. The van der Waals surface area contributed by atoms with Crippen LogP contribution < -0.4 is 15.4 Å². The SMILES string of the molecule is COc1cccc2c1NC(C(=O)Nc1ccccc1)C1CC=CC21. The number of anilines is 2. The maximum atomic E-state index is 12.9. The number of hydrogen-bond donors (Lipinski definition) is 2. The Morgan fingerprint density at radius 2 is 2.00 bits per heavy atom. The summed E-state index contributed by atoms with van der Waals surface area (Å²) >= 11 is 0. The average molecular weight is 320 g/mol. The van der Waals surface area contributed by atoms with Gasteiger partial charge in [0.1, 0.15) is 11.8 Å². The second-order valence-electron chi connectivity index (χ2n) is 6.26. The van der Waals surface area contributed by atoms with Gasteiger partial charge in [0.25, 0.3) is 0 Å². The van der Waals surface area contributed by atoms with Crippen molar-refractivity contribution >= 4 is 17.3 Å². The molecule has 0 bridgehead atoms. The van der Waals surface area contributed by atoms with E-state index in [0.29, 0.717) is 0 Å². The Labute approximate surface area is 141 Å². The molecule has 1 aliphatic carbocycles. The van der Waals surface area contributed by atoms with Crippen LogP contribution in [0.2, 0.25) is 0 Å². The average Bonchev–Trinajstić information content (AvgIpc) is 3.11. The highest BCUT2D eigenvalue weighted by molar-refractivity contribution is 5.98. The molecule has 2 aliphatic rings. The van der Waals surface area contributed by atoms with Crippen LogP contribution in [0.1, 0.15) is 17.9 Å². The van der Waals surface area contributed by atoms with Crippen molar-refractivity contribution in [1.82, 2.24) is 0 Å². The third kappa shape index (κ3) is 2.44. The van der Waals surface area contributed by atoms with E-state index < -0.39 is 0 Å². The van der Waals surface area contributed by atoms with Gasteiger partial charge in [0, 0.05) is 17.5 Å². The molecule has 0 radical (unpaired) electrons. The zero-order valence-corrected chi connectivity index (χ0v) is 13.5. The van der Waals surface area contributed by atoms with Crippen molar-refractivity contribution in [2.75, 3.05) is 17.7 Å². The van der Waals surface area contributed by atoms with E-state index in [9.17, 15) is 4.79 Å². The third-order valence-electron chi connectivity index (χ3n) is 4.90. The fourth-order valence-corrected chi connectivity index (χ4v) is 3.76. The van der Waals surface area contributed by atoms with Crippen molar-refractivity contribution in [3.05, 3.63) is 66.2 Å². The van der Waals surface area contributed by atoms with Gasteiger partial charge in [-0.3, -0.25) is 4.79 Å². The van der Waals surface area contributed by atoms with Gasteiger partial charge in [0.2, 0.25) is 5.91 Å². The van der Waals surface area contributed by atoms with Gasteiger partial charge in [-0.25, -0.2) is 0 Å². The van der Waals surface area contributed by atoms with Crippen LogP contribution >= 0.6 is 0 Å². The van der Waals surface area contributed by atoms with Gasteiger partial charge in [-0.2, -0.15) is 0 Å². The van der Waals surface area contributed by atoms with Crippen LogP contribution in [0.15, 0.2) is 60.7 Å². The summed E-state index contributed by atoms with van der Waals surface area (Å²) in [6.45, 7) is 0. The molecular formula is C20H20N2O2. The van der Waals surface area contributed by atoms with Crippen LogP contribution in [0.4, 0.5) is 11.4 Å². The molecule has 1 aliphatic heterocycles. The van der Waals surface area contributed by atoms with Gasteiger partial charge in [0.05, 0.1) is 12.8 Å². The highest BCUT2D eigenvalue weighted by Gasteiger charge is 2.41. The molecule has 24 heavy (non-hydrogen) atoms. The number of ether oxygens (including phenoxy) is 1. The number of carbonyl (C=O) groups is 1. The fraction of sp³-hybridized carbons (Fsp3) is 0.250. The molecule has 1 amide bonds. The largest absolute Gasteiger partial charge is 0.495 e. The van der Waals surface area contributed by atoms with Crippen LogP contribution in [0.5, 0.6) is 5.75 Å². The maximum Gasteiger partial charge on any atom is 0.247 e. The first kappa shape index (κ1) is 14.8. The van der Waals surface area contributed by atoms with Crippen molar-refractivity contribution < 1.29 is 9.53 Å². The summed E-state index contributed by atoms with van der Waals surface area (Å²) in [4.78, 5) is 12.9. The molecule has 4 heteroatoms. The number of allylic oxidation sites excluding steroid dienone is 2. The Morgan fingerprint density at radius 1 is 1.17 bits per heavy atom. The second kappa shape index (κ2) is 6.04. The summed E-state index contributed by atoms with van der Waals surface area (Å²) < 4.78 is 5.49. The smallest absolute Gasteiger partial charge is 0.247 e. The lowest BCUT2D eigenvalue weighted by Gasteiger charge is -2.36. The van der Waals surface area contributed by atoms with E-state index in [2.05, 4.69) is 28.9 Å². The number of hydrogen-bond acceptors (Lipinski definition) is 3. The summed E-state index contributed by atoms with van der Waals surface area (Å²) in [5.74, 6) is 1.26. The Kier molecular flexibility index (Phi) is 3.73. The molecule has 0 aromatic heterocycles. The fourth-order valence-electron chi connectivity index (χ4n) is 3.76. The number of amides is 1. The third-order valence-corrected chi connectivity index (χ3v) is 4.90. The lowest BCUT2D eigenvalue weighted by atomic mass is 9.79. The Bertz CT molecular complexity index is 785. The van der Waals surface area contributed by atoms with Gasteiger partial charge in [-0.1, -0.05) is 42.5 Å². The molecule has 0 saturated carbocycles. The van der Waals surface area contributed by atoms with Crippen LogP contribution in [0.25, 0.3) is 0 Å². The first-order chi connectivity index (χ1) is 11.8. The van der Waals surface area contributed by atoms with Crippen molar-refractivity contribution in [3.8, 4) is 5.75 Å². The molecule has 0 saturated heterocycles. The lowest BCUT2D eigenvalue weighted by molar-refractivity contribution is -0.118. The van der Waals surface area contributed by atoms with Crippen LogP contribution in [0.3, 0.4) is 0 Å². The normalized spacial score (nSPS) is 23.8. The van der Waals surface area contributed by atoms with Gasteiger partial charge < -0.3 is 15.4 Å². The molecule has 3 atom stereocenters. The van der Waals surface area contributed by atoms with Gasteiger partial charge in [-0.15, -0.1) is 0 Å². The Balaban J connectivity index is 1.66. The standard InChI is InChI=1S/C20H20N2O2/c1-24-17-12-6-11-15-14-9-5-10-16(14)19(22-18(15)17)20(23)21-13-7-3-2-4-8-13/h2-9,11-12,14,16,19,22H,10H2,1H3,(H,21,23). The number of benzene rings is 2. The molecule has 2 aromatic rings. The number of nitrogens with one attached hydrogen (secondary N) is 2. The zero-order valence-electron chi connectivity index (χ0n) is 13.5. The molecule has 2 aromatic carbocycles. The van der Waals surface area contributed by atoms with Crippen LogP contribution in [-0.2, 0) is 4.79 Å². The molecule has 0 fully saturated rings. The summed E-state index contributed by atoms with van der Waals surface area (Å²) in [5, 5.41) is 6.45. The van der Waals surface area contributed by atoms with Crippen LogP contribution in [0, 0.1) is 5.92 Å². The lowest BCUT2D eigenvalue weighted by Crippen LogP contribution is -2.45. The predicted octanol–water partition coefficient (Wildman–Crippen LogP) is 3.79. The Morgan fingerprint density at radius 3 is 2.79 bits per heavy atom. The van der Waals surface area contributed by atoms with Crippen LogP contribution in [-0.4, -0.2) is 19.1 Å². The van der Waals surface area contributed by atoms with Crippen molar-refractivity contribution in [3.63, 3.8) is 0 Å². The van der Waals surface area contributed by atoms with E-state index in [-0.39, 0.29) is 23.8 Å². The molecule has 4 rings (SSSR count). The van der Waals surface area contributed by atoms with E-state index in [0.717, 1.165) is 23.5 Å². The van der Waals surface area contributed by atoms with Crippen molar-refractivity contribution in [2.24, 2.45) is 5.92 Å². The van der Waals surface area contributed by atoms with Crippen molar-refractivity contribution in [2.45, 2.75) is 18.4 Å². The maximum absolute atomic E-state index is 12.9. The number of methoxy groups -OCH3 is 1. The minimum atomic E-state index is -0.283. The van der Waals surface area contributed by atoms with Gasteiger partial charge >= 0.3 is 0 Å². The molecular weight excluding hydrogens is 300 g/mol. The monoisotopic (exact) mass is 320 g/mol. The van der Waals surface area contributed by atoms with E-state index in [1.54, 1.807) is 7.11 Å². The number of fused-ring (bicyclic) bond motifs is 3. The van der Waals surface area contributed by atoms with Crippen molar-refractivity contribution in [1.29, 1.82) is 0 Å². The zero-order chi connectivity index (χ0) is 16.5.